The maximum Gasteiger partial charge on any atom is 0.363 e. The Labute approximate surface area is 175 Å². The molecule has 2 aromatic rings. The normalized spacial score (nSPS) is 14.3. The number of carbonyl (C=O) groups excluding carboxylic acids is 2. The monoisotopic (exact) mass is 408 g/mol. The summed E-state index contributed by atoms with van der Waals surface area (Å²) >= 11 is 0. The number of likely N-dealkylation sites (N-methyl/N-ethyl adjacent to an activating group) is 1. The highest BCUT2D eigenvalue weighted by atomic mass is 16.6. The summed E-state index contributed by atoms with van der Waals surface area (Å²) in [5.74, 6) is 0.540. The van der Waals surface area contributed by atoms with E-state index in [9.17, 15) is 9.59 Å². The molecule has 156 valence electrons. The second-order valence-electron chi connectivity index (χ2n) is 6.92. The van der Waals surface area contributed by atoms with Crippen molar-refractivity contribution in [3.05, 3.63) is 64.9 Å². The summed E-state index contributed by atoms with van der Waals surface area (Å²) in [4.78, 5) is 29.8. The van der Waals surface area contributed by atoms with Gasteiger partial charge in [0.25, 0.3) is 5.91 Å². The lowest BCUT2D eigenvalue weighted by molar-refractivity contribution is -0.131. The summed E-state index contributed by atoms with van der Waals surface area (Å²) in [6.45, 7) is 4.15. The van der Waals surface area contributed by atoms with Gasteiger partial charge in [-0.2, -0.15) is 0 Å². The minimum absolute atomic E-state index is 0.0933. The van der Waals surface area contributed by atoms with E-state index >= 15 is 0 Å². The molecule has 0 bridgehead atoms. The van der Waals surface area contributed by atoms with E-state index in [-0.39, 0.29) is 24.1 Å². The molecule has 1 aliphatic heterocycles. The van der Waals surface area contributed by atoms with Crippen molar-refractivity contribution in [2.75, 3.05) is 27.3 Å². The second-order valence-corrected chi connectivity index (χ2v) is 6.92. The Balaban J connectivity index is 1.84. The number of hydrogen-bond acceptors (Lipinski definition) is 6. The van der Waals surface area contributed by atoms with Gasteiger partial charge in [-0.1, -0.05) is 23.8 Å². The molecule has 0 aromatic heterocycles. The Morgan fingerprint density at radius 1 is 1.13 bits per heavy atom. The first-order valence-corrected chi connectivity index (χ1v) is 9.56. The zero-order valence-electron chi connectivity index (χ0n) is 17.5. The lowest BCUT2D eigenvalue weighted by Crippen LogP contribution is -2.27. The standard InChI is InChI=1S/C23H24N2O5/c1-5-28-20-13-16(9-10-19(20)29-14-21(26)25(3)4)12-18-23(27)30-22(24-18)17-8-6-7-15(2)11-17/h6-13H,5,14H2,1-4H3/b18-12+. The van der Waals surface area contributed by atoms with Crippen LogP contribution in [0.2, 0.25) is 0 Å². The fourth-order valence-corrected chi connectivity index (χ4v) is 2.74. The second kappa shape index (κ2) is 9.26. The van der Waals surface area contributed by atoms with E-state index in [0.717, 1.165) is 11.1 Å². The zero-order chi connectivity index (χ0) is 21.7. The number of cyclic esters (lactones) is 1. The van der Waals surface area contributed by atoms with Crippen molar-refractivity contribution in [2.24, 2.45) is 4.99 Å². The summed E-state index contributed by atoms with van der Waals surface area (Å²) in [6, 6.07) is 12.8. The smallest absolute Gasteiger partial charge is 0.363 e. The number of hydrogen-bond donors (Lipinski definition) is 0. The number of rotatable bonds is 7. The van der Waals surface area contributed by atoms with Crippen LogP contribution in [0.15, 0.2) is 53.2 Å². The number of esters is 1. The molecule has 0 atom stereocenters. The van der Waals surface area contributed by atoms with E-state index in [2.05, 4.69) is 4.99 Å². The van der Waals surface area contributed by atoms with E-state index in [1.165, 1.54) is 4.90 Å². The van der Waals surface area contributed by atoms with Crippen LogP contribution in [0.5, 0.6) is 11.5 Å². The van der Waals surface area contributed by atoms with Gasteiger partial charge in [-0.3, -0.25) is 4.79 Å². The minimum atomic E-state index is -0.513. The van der Waals surface area contributed by atoms with Gasteiger partial charge in [0.05, 0.1) is 6.61 Å². The predicted molar refractivity (Wildman–Crippen MR) is 114 cm³/mol. The Bertz CT molecular complexity index is 1020. The van der Waals surface area contributed by atoms with E-state index in [1.807, 2.05) is 38.1 Å². The third kappa shape index (κ3) is 5.05. The fourth-order valence-electron chi connectivity index (χ4n) is 2.74. The number of aryl methyl sites for hydroxylation is 1. The lowest BCUT2D eigenvalue weighted by Gasteiger charge is -2.14. The number of benzene rings is 2. The Kier molecular flexibility index (Phi) is 6.51. The van der Waals surface area contributed by atoms with Crippen LogP contribution in [0.1, 0.15) is 23.6 Å². The molecule has 1 amide bonds. The molecule has 7 nitrogen and oxygen atoms in total. The van der Waals surface area contributed by atoms with Crippen LogP contribution in [0.3, 0.4) is 0 Å². The molecule has 0 fully saturated rings. The molecule has 0 N–H and O–H groups in total. The minimum Gasteiger partial charge on any atom is -0.490 e. The van der Waals surface area contributed by atoms with Gasteiger partial charge >= 0.3 is 5.97 Å². The van der Waals surface area contributed by atoms with Gasteiger partial charge in [-0.15, -0.1) is 0 Å². The number of nitrogens with zero attached hydrogens (tertiary/aromatic N) is 2. The van der Waals surface area contributed by atoms with Gasteiger partial charge in [0.2, 0.25) is 5.90 Å². The van der Waals surface area contributed by atoms with Crippen molar-refractivity contribution in [1.29, 1.82) is 0 Å². The van der Waals surface area contributed by atoms with Gasteiger partial charge in [0.15, 0.2) is 23.8 Å². The molecular formula is C23H24N2O5. The SMILES string of the molecule is CCOc1cc(/C=C2/N=C(c3cccc(C)c3)OC2=O)ccc1OCC(=O)N(C)C. The number of aliphatic imine (C=N–C) groups is 1. The van der Waals surface area contributed by atoms with Crippen molar-refractivity contribution in [3.8, 4) is 11.5 Å². The molecular weight excluding hydrogens is 384 g/mol. The molecule has 0 unspecified atom stereocenters. The average Bonchev–Trinajstić information content (AvgIpc) is 3.07. The van der Waals surface area contributed by atoms with Crippen LogP contribution < -0.4 is 9.47 Å². The number of ether oxygens (including phenoxy) is 3. The van der Waals surface area contributed by atoms with E-state index in [0.29, 0.717) is 23.7 Å². The summed E-state index contributed by atoms with van der Waals surface area (Å²) < 4.78 is 16.5. The van der Waals surface area contributed by atoms with Gasteiger partial charge in [0, 0.05) is 19.7 Å². The first-order valence-electron chi connectivity index (χ1n) is 9.56. The largest absolute Gasteiger partial charge is 0.490 e. The quantitative estimate of drug-likeness (QED) is 0.519. The number of amides is 1. The van der Waals surface area contributed by atoms with Crippen LogP contribution in [-0.4, -0.2) is 50.0 Å². The molecule has 2 aromatic carbocycles. The van der Waals surface area contributed by atoms with Gasteiger partial charge in [-0.25, -0.2) is 9.79 Å². The van der Waals surface area contributed by atoms with Crippen molar-refractivity contribution >= 4 is 23.9 Å². The molecule has 1 heterocycles. The molecule has 7 heteroatoms. The molecule has 3 rings (SSSR count). The summed E-state index contributed by atoms with van der Waals surface area (Å²) in [6.07, 6.45) is 1.63. The van der Waals surface area contributed by atoms with Gasteiger partial charge < -0.3 is 19.1 Å². The van der Waals surface area contributed by atoms with Crippen LogP contribution in [0.25, 0.3) is 6.08 Å². The highest BCUT2D eigenvalue weighted by Gasteiger charge is 2.24. The summed E-state index contributed by atoms with van der Waals surface area (Å²) in [5, 5.41) is 0. The molecule has 0 radical (unpaired) electrons. The van der Waals surface area contributed by atoms with Crippen molar-refractivity contribution in [2.45, 2.75) is 13.8 Å². The van der Waals surface area contributed by atoms with E-state index in [1.54, 1.807) is 38.4 Å². The fraction of sp³-hybridized carbons (Fsp3) is 0.261. The highest BCUT2D eigenvalue weighted by molar-refractivity contribution is 6.12. The highest BCUT2D eigenvalue weighted by Crippen LogP contribution is 2.30. The van der Waals surface area contributed by atoms with Crippen LogP contribution in [-0.2, 0) is 14.3 Å². The third-order valence-corrected chi connectivity index (χ3v) is 4.31. The Hall–Kier alpha value is -3.61. The van der Waals surface area contributed by atoms with Crippen LogP contribution in [0, 0.1) is 6.92 Å². The average molecular weight is 408 g/mol. The predicted octanol–water partition coefficient (Wildman–Crippen LogP) is 3.21. The molecule has 0 aliphatic carbocycles. The summed E-state index contributed by atoms with van der Waals surface area (Å²) in [5.41, 5.74) is 2.70. The molecule has 0 saturated carbocycles. The van der Waals surface area contributed by atoms with Crippen molar-refractivity contribution < 1.29 is 23.8 Å². The van der Waals surface area contributed by atoms with Crippen LogP contribution in [0.4, 0.5) is 0 Å². The van der Waals surface area contributed by atoms with E-state index in [4.69, 9.17) is 14.2 Å². The molecule has 0 saturated heterocycles. The maximum absolute atomic E-state index is 12.3. The zero-order valence-corrected chi connectivity index (χ0v) is 17.5. The van der Waals surface area contributed by atoms with Crippen molar-refractivity contribution in [3.63, 3.8) is 0 Å². The number of carbonyl (C=O) groups is 2. The molecule has 0 spiro atoms. The summed E-state index contributed by atoms with van der Waals surface area (Å²) in [7, 11) is 3.33. The van der Waals surface area contributed by atoms with Gasteiger partial charge in [-0.05, 0) is 49.8 Å². The maximum atomic E-state index is 12.3. The van der Waals surface area contributed by atoms with Crippen LogP contribution >= 0.6 is 0 Å². The lowest BCUT2D eigenvalue weighted by atomic mass is 10.1. The topological polar surface area (TPSA) is 77.4 Å². The van der Waals surface area contributed by atoms with Crippen molar-refractivity contribution in [1.82, 2.24) is 4.90 Å². The van der Waals surface area contributed by atoms with E-state index < -0.39 is 5.97 Å². The first kappa shape index (κ1) is 21.1. The Morgan fingerprint density at radius 2 is 1.93 bits per heavy atom. The van der Waals surface area contributed by atoms with Gasteiger partial charge in [0.1, 0.15) is 0 Å². The third-order valence-electron chi connectivity index (χ3n) is 4.31. The molecule has 30 heavy (non-hydrogen) atoms. The Morgan fingerprint density at radius 3 is 2.63 bits per heavy atom. The molecule has 1 aliphatic rings. The first-order chi connectivity index (χ1) is 14.4.